The Balaban J connectivity index is 1.38. The highest BCUT2D eigenvalue weighted by Gasteiger charge is 2.24. The molecule has 31 heavy (non-hydrogen) atoms. The Bertz CT molecular complexity index is 1190. The van der Waals surface area contributed by atoms with Gasteiger partial charge in [0.05, 0.1) is 0 Å². The highest BCUT2D eigenvalue weighted by molar-refractivity contribution is 5.90. The molecule has 0 saturated heterocycles. The van der Waals surface area contributed by atoms with Gasteiger partial charge in [0.1, 0.15) is 6.04 Å². The lowest BCUT2D eigenvalue weighted by Crippen LogP contribution is -2.33. The van der Waals surface area contributed by atoms with Gasteiger partial charge in [-0.3, -0.25) is 0 Å². The molecule has 2 amide bonds. The second-order valence-electron chi connectivity index (χ2n) is 6.82. The van der Waals surface area contributed by atoms with Crippen molar-refractivity contribution >= 4 is 11.7 Å². The third-order valence-electron chi connectivity index (χ3n) is 4.75. The number of anilines is 1. The first-order valence-corrected chi connectivity index (χ1v) is 9.67. The van der Waals surface area contributed by atoms with Crippen LogP contribution in [0.1, 0.15) is 17.5 Å². The first-order chi connectivity index (χ1) is 15.3. The minimum atomic E-state index is -0.625. The lowest BCUT2D eigenvalue weighted by atomic mass is 10.1. The molecule has 0 fully saturated rings. The average molecular weight is 414 g/mol. The Kier molecular flexibility index (Phi) is 4.94. The zero-order valence-electron chi connectivity index (χ0n) is 16.3. The Morgan fingerprint density at radius 3 is 2.42 bits per heavy atom. The van der Waals surface area contributed by atoms with Crippen molar-refractivity contribution in [3.8, 4) is 23.0 Å². The first-order valence-electron chi connectivity index (χ1n) is 9.67. The van der Waals surface area contributed by atoms with Crippen LogP contribution in [0.4, 0.5) is 10.5 Å². The molecular formula is C23H18N4O4. The fourth-order valence-corrected chi connectivity index (χ4v) is 3.25. The minimum Gasteiger partial charge on any atom is -0.454 e. The van der Waals surface area contributed by atoms with Crippen LogP contribution in [0.2, 0.25) is 0 Å². The van der Waals surface area contributed by atoms with Gasteiger partial charge in [-0.25, -0.2) is 4.79 Å². The van der Waals surface area contributed by atoms with Gasteiger partial charge in [-0.05, 0) is 29.8 Å². The van der Waals surface area contributed by atoms with E-state index in [9.17, 15) is 4.79 Å². The van der Waals surface area contributed by atoms with Crippen LogP contribution >= 0.6 is 0 Å². The summed E-state index contributed by atoms with van der Waals surface area (Å²) in [6.45, 7) is 0.169. The van der Waals surface area contributed by atoms with E-state index in [0.29, 0.717) is 23.1 Å². The molecule has 0 spiro atoms. The fraction of sp³-hybridized carbons (Fsp3) is 0.0870. The summed E-state index contributed by atoms with van der Waals surface area (Å²) in [6, 6.07) is 23.1. The third-order valence-corrected chi connectivity index (χ3v) is 4.75. The van der Waals surface area contributed by atoms with E-state index < -0.39 is 12.1 Å². The number of aromatic nitrogens is 2. The molecule has 2 N–H and O–H groups in total. The number of hydrogen-bond acceptors (Lipinski definition) is 6. The molecule has 4 aromatic rings. The second kappa shape index (κ2) is 8.19. The molecule has 1 aliphatic heterocycles. The summed E-state index contributed by atoms with van der Waals surface area (Å²) in [6.07, 6.45) is 0. The first kappa shape index (κ1) is 18.7. The molecule has 3 aromatic carbocycles. The van der Waals surface area contributed by atoms with E-state index in [1.54, 1.807) is 18.2 Å². The van der Waals surface area contributed by atoms with E-state index in [-0.39, 0.29) is 12.7 Å². The highest BCUT2D eigenvalue weighted by Crippen LogP contribution is 2.34. The van der Waals surface area contributed by atoms with Gasteiger partial charge < -0.3 is 24.5 Å². The number of nitrogens with zero attached hydrogens (tertiary/aromatic N) is 2. The van der Waals surface area contributed by atoms with Gasteiger partial charge >= 0.3 is 6.03 Å². The van der Waals surface area contributed by atoms with Crippen molar-refractivity contribution in [1.29, 1.82) is 0 Å². The normalized spacial score (nSPS) is 12.9. The van der Waals surface area contributed by atoms with Gasteiger partial charge in [0.2, 0.25) is 18.6 Å². The molecule has 0 bridgehead atoms. The lowest BCUT2D eigenvalue weighted by Gasteiger charge is -2.16. The Morgan fingerprint density at radius 2 is 1.61 bits per heavy atom. The zero-order valence-corrected chi connectivity index (χ0v) is 16.3. The maximum Gasteiger partial charge on any atom is 0.320 e. The zero-order chi connectivity index (χ0) is 21.0. The molecule has 0 unspecified atom stereocenters. The van der Waals surface area contributed by atoms with E-state index in [4.69, 9.17) is 13.9 Å². The minimum absolute atomic E-state index is 0.169. The summed E-state index contributed by atoms with van der Waals surface area (Å²) < 4.78 is 16.6. The standard InChI is InChI=1S/C23H18N4O4/c28-23(24-17-11-12-18-19(13-17)30-14-29-18)25-20(15-7-3-1-4-8-15)22-27-26-21(31-22)16-9-5-2-6-10-16/h1-13,20H,14H2,(H2,24,25,28)/t20-/m0/s1. The van der Waals surface area contributed by atoms with Crippen molar-refractivity contribution in [3.63, 3.8) is 0 Å². The molecule has 154 valence electrons. The molecule has 0 radical (unpaired) electrons. The SMILES string of the molecule is O=C(Nc1ccc2c(c1)OCO2)N[C@@H](c1ccccc1)c1nnc(-c2ccccc2)o1. The predicted octanol–water partition coefficient (Wildman–Crippen LogP) is 4.38. The molecule has 0 aliphatic carbocycles. The lowest BCUT2D eigenvalue weighted by molar-refractivity contribution is 0.174. The fourth-order valence-electron chi connectivity index (χ4n) is 3.25. The third kappa shape index (κ3) is 4.04. The molecule has 0 saturated carbocycles. The number of urea groups is 1. The number of nitrogens with one attached hydrogen (secondary N) is 2. The monoisotopic (exact) mass is 414 g/mol. The molecule has 1 atom stereocenters. The van der Waals surface area contributed by atoms with Crippen LogP contribution in [0.25, 0.3) is 11.5 Å². The van der Waals surface area contributed by atoms with Gasteiger partial charge in [0, 0.05) is 17.3 Å². The van der Waals surface area contributed by atoms with E-state index in [0.717, 1.165) is 11.1 Å². The number of benzene rings is 3. The van der Waals surface area contributed by atoms with Crippen molar-refractivity contribution in [3.05, 3.63) is 90.3 Å². The number of rotatable bonds is 5. The van der Waals surface area contributed by atoms with E-state index in [1.807, 2.05) is 60.7 Å². The van der Waals surface area contributed by atoms with Crippen LogP contribution in [0.3, 0.4) is 0 Å². The maximum atomic E-state index is 12.8. The summed E-state index contributed by atoms with van der Waals surface area (Å²) >= 11 is 0. The van der Waals surface area contributed by atoms with Crippen molar-refractivity contribution in [2.24, 2.45) is 0 Å². The number of hydrogen-bond donors (Lipinski definition) is 2. The van der Waals surface area contributed by atoms with Crippen LogP contribution in [0.15, 0.2) is 83.3 Å². The smallest absolute Gasteiger partial charge is 0.320 e. The number of ether oxygens (including phenoxy) is 2. The number of fused-ring (bicyclic) bond motifs is 1. The van der Waals surface area contributed by atoms with Crippen LogP contribution in [-0.4, -0.2) is 23.0 Å². The van der Waals surface area contributed by atoms with Crippen molar-refractivity contribution in [2.45, 2.75) is 6.04 Å². The van der Waals surface area contributed by atoms with Crippen LogP contribution in [-0.2, 0) is 0 Å². The molecule has 1 aliphatic rings. The van der Waals surface area contributed by atoms with Crippen LogP contribution < -0.4 is 20.1 Å². The molecule has 1 aromatic heterocycles. The summed E-state index contributed by atoms with van der Waals surface area (Å²) in [5, 5.41) is 14.0. The van der Waals surface area contributed by atoms with Gasteiger partial charge in [-0.1, -0.05) is 48.5 Å². The quantitative estimate of drug-likeness (QED) is 0.503. The van der Waals surface area contributed by atoms with E-state index in [2.05, 4.69) is 20.8 Å². The van der Waals surface area contributed by atoms with Crippen LogP contribution in [0.5, 0.6) is 11.5 Å². The van der Waals surface area contributed by atoms with Crippen molar-refractivity contribution < 1.29 is 18.7 Å². The van der Waals surface area contributed by atoms with Crippen molar-refractivity contribution in [1.82, 2.24) is 15.5 Å². The van der Waals surface area contributed by atoms with Gasteiger partial charge in [-0.2, -0.15) is 0 Å². The predicted molar refractivity (Wildman–Crippen MR) is 113 cm³/mol. The molecule has 8 nitrogen and oxygen atoms in total. The maximum absolute atomic E-state index is 12.8. The molecule has 5 rings (SSSR count). The molecular weight excluding hydrogens is 396 g/mol. The molecule has 8 heteroatoms. The summed E-state index contributed by atoms with van der Waals surface area (Å²) in [4.78, 5) is 12.8. The topological polar surface area (TPSA) is 98.5 Å². The number of carbonyl (C=O) groups excluding carboxylic acids is 1. The Labute approximate surface area is 177 Å². The summed E-state index contributed by atoms with van der Waals surface area (Å²) in [7, 11) is 0. The summed E-state index contributed by atoms with van der Waals surface area (Å²) in [5.41, 5.74) is 2.19. The van der Waals surface area contributed by atoms with Gasteiger partial charge in [0.25, 0.3) is 0 Å². The van der Waals surface area contributed by atoms with E-state index >= 15 is 0 Å². The number of amides is 2. The Morgan fingerprint density at radius 1 is 0.871 bits per heavy atom. The van der Waals surface area contributed by atoms with Crippen molar-refractivity contribution in [2.75, 3.05) is 12.1 Å². The second-order valence-corrected chi connectivity index (χ2v) is 6.82. The highest BCUT2D eigenvalue weighted by atomic mass is 16.7. The molecule has 2 heterocycles. The van der Waals surface area contributed by atoms with Gasteiger partial charge in [-0.15, -0.1) is 10.2 Å². The van der Waals surface area contributed by atoms with Gasteiger partial charge in [0.15, 0.2) is 11.5 Å². The van der Waals surface area contributed by atoms with Crippen LogP contribution in [0, 0.1) is 0 Å². The average Bonchev–Trinajstić information content (AvgIpc) is 3.48. The number of carbonyl (C=O) groups is 1. The van der Waals surface area contributed by atoms with E-state index in [1.165, 1.54) is 0 Å². The summed E-state index contributed by atoms with van der Waals surface area (Å²) in [5.74, 6) is 1.90. The Hall–Kier alpha value is -4.33. The largest absolute Gasteiger partial charge is 0.454 e.